The van der Waals surface area contributed by atoms with Crippen molar-refractivity contribution in [2.24, 2.45) is 0 Å². The number of anilines is 2. The lowest BCUT2D eigenvalue weighted by Crippen LogP contribution is -2.28. The number of ether oxygens (including phenoxy) is 1. The average Bonchev–Trinajstić information content (AvgIpc) is 3.49. The zero-order valence-electron chi connectivity index (χ0n) is 16.5. The molecule has 1 N–H and O–H groups in total. The van der Waals surface area contributed by atoms with Gasteiger partial charge in [-0.15, -0.1) is 22.7 Å². The quantitative estimate of drug-likeness (QED) is 0.435. The number of benzene rings is 1. The van der Waals surface area contributed by atoms with Gasteiger partial charge in [-0.1, -0.05) is 6.07 Å². The van der Waals surface area contributed by atoms with Crippen molar-refractivity contribution in [1.29, 1.82) is 0 Å². The van der Waals surface area contributed by atoms with E-state index in [1.807, 2.05) is 22.9 Å². The van der Waals surface area contributed by atoms with E-state index in [2.05, 4.69) is 5.32 Å². The normalized spacial score (nSPS) is 13.5. The number of nitrogens with one attached hydrogen (secondary N) is 1. The Bertz CT molecular complexity index is 1130. The summed E-state index contributed by atoms with van der Waals surface area (Å²) in [7, 11) is 0. The second-order valence-electron chi connectivity index (χ2n) is 6.68. The van der Waals surface area contributed by atoms with Crippen LogP contribution in [0, 0.1) is 0 Å². The summed E-state index contributed by atoms with van der Waals surface area (Å²) in [6.07, 6.45) is 0.394. The molecule has 0 radical (unpaired) electrons. The van der Waals surface area contributed by atoms with E-state index in [4.69, 9.17) is 4.74 Å². The topological polar surface area (TPSA) is 92.8 Å². The van der Waals surface area contributed by atoms with Crippen molar-refractivity contribution >= 4 is 57.1 Å². The predicted octanol–water partition coefficient (Wildman–Crippen LogP) is 4.56. The van der Waals surface area contributed by atoms with Gasteiger partial charge in [0, 0.05) is 34.2 Å². The number of carbonyl (C=O) groups excluding carboxylic acids is 4. The maximum absolute atomic E-state index is 12.8. The fourth-order valence-corrected chi connectivity index (χ4v) is 5.04. The summed E-state index contributed by atoms with van der Waals surface area (Å²) in [6.45, 7) is 1.95. The number of nitrogens with zero attached hydrogens (tertiary/aromatic N) is 1. The lowest BCUT2D eigenvalue weighted by Gasteiger charge is -2.14. The summed E-state index contributed by atoms with van der Waals surface area (Å²) in [4.78, 5) is 51.2. The monoisotopic (exact) mass is 454 g/mol. The number of hydrogen-bond acceptors (Lipinski definition) is 7. The summed E-state index contributed by atoms with van der Waals surface area (Å²) in [5, 5.41) is 6.93. The molecule has 7 nitrogen and oxygen atoms in total. The average molecular weight is 455 g/mol. The van der Waals surface area contributed by atoms with E-state index in [0.717, 1.165) is 15.3 Å². The number of imide groups is 1. The maximum Gasteiger partial charge on any atom is 0.341 e. The summed E-state index contributed by atoms with van der Waals surface area (Å²) in [5.41, 5.74) is 1.82. The van der Waals surface area contributed by atoms with Crippen LogP contribution in [-0.4, -0.2) is 30.3 Å². The van der Waals surface area contributed by atoms with E-state index < -0.39 is 11.9 Å². The largest absolute Gasteiger partial charge is 0.462 e. The number of amides is 3. The third-order valence-corrected chi connectivity index (χ3v) is 6.52. The van der Waals surface area contributed by atoms with Gasteiger partial charge in [0.05, 0.1) is 12.3 Å². The molecule has 31 heavy (non-hydrogen) atoms. The van der Waals surface area contributed by atoms with E-state index in [0.29, 0.717) is 21.8 Å². The molecule has 1 fully saturated rings. The molecule has 0 aliphatic carbocycles. The molecule has 0 saturated carbocycles. The van der Waals surface area contributed by atoms with Gasteiger partial charge in [-0.3, -0.25) is 19.3 Å². The molecule has 4 rings (SSSR count). The summed E-state index contributed by atoms with van der Waals surface area (Å²) >= 11 is 2.75. The Morgan fingerprint density at radius 2 is 1.77 bits per heavy atom. The van der Waals surface area contributed by atoms with Crippen molar-refractivity contribution in [3.63, 3.8) is 0 Å². The Balaban J connectivity index is 1.58. The Morgan fingerprint density at radius 3 is 2.39 bits per heavy atom. The third kappa shape index (κ3) is 4.14. The minimum absolute atomic E-state index is 0.197. The highest BCUT2D eigenvalue weighted by Gasteiger charge is 2.30. The predicted molar refractivity (Wildman–Crippen MR) is 120 cm³/mol. The molecule has 1 saturated heterocycles. The van der Waals surface area contributed by atoms with Crippen molar-refractivity contribution in [2.75, 3.05) is 16.8 Å². The fraction of sp³-hybridized carbons (Fsp3) is 0.182. The van der Waals surface area contributed by atoms with E-state index >= 15 is 0 Å². The van der Waals surface area contributed by atoms with E-state index in [1.54, 1.807) is 31.2 Å². The molecular formula is C22H18N2O5S2. The molecule has 1 aliphatic heterocycles. The zero-order chi connectivity index (χ0) is 22.0. The molecule has 2 aromatic heterocycles. The van der Waals surface area contributed by atoms with Gasteiger partial charge in [-0.05, 0) is 42.6 Å². The van der Waals surface area contributed by atoms with Crippen LogP contribution in [0.5, 0.6) is 0 Å². The molecule has 3 heterocycles. The van der Waals surface area contributed by atoms with Crippen LogP contribution in [0.15, 0.2) is 47.2 Å². The molecule has 0 unspecified atom stereocenters. The fourth-order valence-electron chi connectivity index (χ4n) is 3.27. The molecule has 1 aliphatic rings. The minimum Gasteiger partial charge on any atom is -0.462 e. The van der Waals surface area contributed by atoms with Crippen molar-refractivity contribution in [1.82, 2.24) is 0 Å². The molecule has 0 bridgehead atoms. The van der Waals surface area contributed by atoms with Crippen molar-refractivity contribution < 1.29 is 23.9 Å². The van der Waals surface area contributed by atoms with Crippen molar-refractivity contribution in [3.8, 4) is 10.4 Å². The second-order valence-corrected chi connectivity index (χ2v) is 8.50. The number of thiophene rings is 2. The number of rotatable bonds is 6. The van der Waals surface area contributed by atoms with Crippen molar-refractivity contribution in [3.05, 3.63) is 58.3 Å². The first-order chi connectivity index (χ1) is 15.0. The highest BCUT2D eigenvalue weighted by molar-refractivity contribution is 7.17. The first-order valence-electron chi connectivity index (χ1n) is 9.59. The lowest BCUT2D eigenvalue weighted by atomic mass is 10.1. The molecule has 3 amide bonds. The second kappa shape index (κ2) is 8.83. The van der Waals surface area contributed by atoms with Crippen LogP contribution in [-0.2, 0) is 14.3 Å². The summed E-state index contributed by atoms with van der Waals surface area (Å²) in [6, 6.07) is 10.0. The Labute approximate surface area is 186 Å². The van der Waals surface area contributed by atoms with Crippen molar-refractivity contribution in [2.45, 2.75) is 19.8 Å². The van der Waals surface area contributed by atoms with Crippen LogP contribution in [0.3, 0.4) is 0 Å². The summed E-state index contributed by atoms with van der Waals surface area (Å²) < 4.78 is 5.20. The van der Waals surface area contributed by atoms with Crippen LogP contribution >= 0.6 is 22.7 Å². The lowest BCUT2D eigenvalue weighted by molar-refractivity contribution is -0.121. The molecular weight excluding hydrogens is 436 g/mol. The molecule has 3 aromatic rings. The minimum atomic E-state index is -0.496. The van der Waals surface area contributed by atoms with Gasteiger partial charge in [0.25, 0.3) is 5.91 Å². The van der Waals surface area contributed by atoms with Crippen LogP contribution in [0.2, 0.25) is 0 Å². The van der Waals surface area contributed by atoms with E-state index in [1.165, 1.54) is 22.7 Å². The highest BCUT2D eigenvalue weighted by atomic mass is 32.1. The van der Waals surface area contributed by atoms with Crippen LogP contribution in [0.25, 0.3) is 10.4 Å². The smallest absolute Gasteiger partial charge is 0.341 e. The van der Waals surface area contributed by atoms with Gasteiger partial charge >= 0.3 is 5.97 Å². The SMILES string of the molecule is CCOC(=O)c1c(-c2cccs2)csc1NC(=O)c1ccc(N2C(=O)CCC2=O)cc1. The highest BCUT2D eigenvalue weighted by Crippen LogP contribution is 2.38. The Kier molecular flexibility index (Phi) is 5.97. The third-order valence-electron chi connectivity index (χ3n) is 4.72. The number of carbonyl (C=O) groups is 4. The molecule has 0 spiro atoms. The van der Waals surface area contributed by atoms with Gasteiger partial charge in [-0.25, -0.2) is 4.79 Å². The molecule has 1 aromatic carbocycles. The van der Waals surface area contributed by atoms with Crippen LogP contribution in [0.4, 0.5) is 10.7 Å². The first kappa shape index (κ1) is 21.0. The molecule has 9 heteroatoms. The molecule has 0 atom stereocenters. The zero-order valence-corrected chi connectivity index (χ0v) is 18.2. The Hall–Kier alpha value is -3.30. The van der Waals surface area contributed by atoms with Crippen LogP contribution in [0.1, 0.15) is 40.5 Å². The van der Waals surface area contributed by atoms with Gasteiger partial charge in [0.1, 0.15) is 10.6 Å². The van der Waals surface area contributed by atoms with Gasteiger partial charge < -0.3 is 10.1 Å². The van der Waals surface area contributed by atoms with E-state index in [-0.39, 0.29) is 31.3 Å². The Morgan fingerprint density at radius 1 is 1.06 bits per heavy atom. The standard InChI is InChI=1S/C22H18N2O5S2/c1-2-29-22(28)19-15(16-4-3-11-30-16)12-31-21(19)23-20(27)13-5-7-14(8-6-13)24-17(25)9-10-18(24)26/h3-8,11-12H,2,9-10H2,1H3,(H,23,27). The number of hydrogen-bond donors (Lipinski definition) is 1. The van der Waals surface area contributed by atoms with Gasteiger partial charge in [-0.2, -0.15) is 0 Å². The summed E-state index contributed by atoms with van der Waals surface area (Å²) in [5.74, 6) is -1.40. The van der Waals surface area contributed by atoms with E-state index in [9.17, 15) is 19.2 Å². The van der Waals surface area contributed by atoms with Crippen LogP contribution < -0.4 is 10.2 Å². The first-order valence-corrected chi connectivity index (χ1v) is 11.3. The maximum atomic E-state index is 12.8. The number of esters is 1. The van der Waals surface area contributed by atoms with Gasteiger partial charge in [0.2, 0.25) is 11.8 Å². The molecule has 158 valence electrons. The van der Waals surface area contributed by atoms with Gasteiger partial charge in [0.15, 0.2) is 0 Å².